The van der Waals surface area contributed by atoms with Gasteiger partial charge in [0.05, 0.1) is 12.2 Å². The number of amides is 1. The monoisotopic (exact) mass is 296 g/mol. The second kappa shape index (κ2) is 10.2. The van der Waals surface area contributed by atoms with Crippen molar-refractivity contribution in [3.05, 3.63) is 0 Å². The summed E-state index contributed by atoms with van der Waals surface area (Å²) in [5, 5.41) is 3.54. The minimum absolute atomic E-state index is 0.0764. The fourth-order valence-electron chi connectivity index (χ4n) is 3.21. The smallest absolute Gasteiger partial charge is 0.241 e. The molecule has 3 heteroatoms. The largest absolute Gasteiger partial charge is 0.326 e. The van der Waals surface area contributed by atoms with Crippen molar-refractivity contribution in [2.45, 2.75) is 97.7 Å². The molecular weight excluding hydrogens is 260 g/mol. The summed E-state index contributed by atoms with van der Waals surface area (Å²) in [7, 11) is 0. The third kappa shape index (κ3) is 6.37. The summed E-state index contributed by atoms with van der Waals surface area (Å²) in [6.45, 7) is 9.87. The Bertz CT molecular complexity index is 291. The quantitative estimate of drug-likeness (QED) is 0.576. The van der Waals surface area contributed by atoms with Gasteiger partial charge in [0.1, 0.15) is 0 Å². The van der Waals surface area contributed by atoms with Crippen molar-refractivity contribution in [2.75, 3.05) is 6.54 Å². The average Bonchev–Trinajstić information content (AvgIpc) is 2.71. The summed E-state index contributed by atoms with van der Waals surface area (Å²) < 4.78 is 0. The first-order valence-corrected chi connectivity index (χ1v) is 9.16. The highest BCUT2D eigenvalue weighted by Crippen LogP contribution is 2.19. The molecule has 0 radical (unpaired) electrons. The number of hydrogen-bond donors (Lipinski definition) is 1. The lowest BCUT2D eigenvalue weighted by Crippen LogP contribution is -2.37. The van der Waals surface area contributed by atoms with Crippen LogP contribution in [-0.2, 0) is 4.79 Å². The van der Waals surface area contributed by atoms with Gasteiger partial charge >= 0.3 is 0 Å². The van der Waals surface area contributed by atoms with Crippen LogP contribution < -0.4 is 5.32 Å². The fraction of sp³-hybridized carbons (Fsp3) is 0.944. The Morgan fingerprint density at radius 2 is 1.71 bits per heavy atom. The summed E-state index contributed by atoms with van der Waals surface area (Å²) in [6, 6.07) is 0.0764. The molecule has 0 aromatic rings. The van der Waals surface area contributed by atoms with E-state index in [1.807, 2.05) is 0 Å². The molecule has 1 N–H and O–H groups in total. The first-order chi connectivity index (χ1) is 10.1. The number of nitrogens with one attached hydrogen (secondary N) is 1. The number of rotatable bonds is 11. The molecule has 1 saturated heterocycles. The van der Waals surface area contributed by atoms with Gasteiger partial charge in [-0.3, -0.25) is 10.1 Å². The fourth-order valence-corrected chi connectivity index (χ4v) is 3.21. The van der Waals surface area contributed by atoms with Crippen molar-refractivity contribution in [1.82, 2.24) is 10.2 Å². The van der Waals surface area contributed by atoms with E-state index in [4.69, 9.17) is 0 Å². The molecule has 1 aliphatic heterocycles. The molecule has 1 rings (SSSR count). The van der Waals surface area contributed by atoms with Gasteiger partial charge in [0.15, 0.2) is 0 Å². The molecule has 1 fully saturated rings. The van der Waals surface area contributed by atoms with Gasteiger partial charge in [0.2, 0.25) is 5.91 Å². The zero-order chi connectivity index (χ0) is 15.7. The zero-order valence-corrected chi connectivity index (χ0v) is 14.7. The van der Waals surface area contributed by atoms with Crippen LogP contribution in [0.3, 0.4) is 0 Å². The second-order valence-corrected chi connectivity index (χ2v) is 6.94. The molecule has 2 atom stereocenters. The maximum atomic E-state index is 12.5. The van der Waals surface area contributed by atoms with Gasteiger partial charge in [-0.2, -0.15) is 0 Å². The summed E-state index contributed by atoms with van der Waals surface area (Å²) in [6.07, 6.45) is 10.9. The zero-order valence-electron chi connectivity index (χ0n) is 14.7. The molecule has 0 aliphatic carbocycles. The highest BCUT2D eigenvalue weighted by atomic mass is 16.2. The van der Waals surface area contributed by atoms with E-state index in [9.17, 15) is 4.79 Å². The topological polar surface area (TPSA) is 32.3 Å². The molecule has 0 saturated carbocycles. The molecule has 0 aromatic heterocycles. The molecule has 0 aromatic carbocycles. The number of nitrogens with zero attached hydrogens (tertiary/aromatic N) is 1. The van der Waals surface area contributed by atoms with Crippen LogP contribution in [-0.4, -0.2) is 29.6 Å². The van der Waals surface area contributed by atoms with Crippen LogP contribution in [0.5, 0.6) is 0 Å². The van der Waals surface area contributed by atoms with Crippen molar-refractivity contribution >= 4 is 5.91 Å². The normalized spacial score (nSPS) is 22.5. The summed E-state index contributed by atoms with van der Waals surface area (Å²) >= 11 is 0. The molecular formula is C18H36N2O. The predicted octanol–water partition coefficient (Wildman–Crippen LogP) is 4.32. The molecule has 1 heterocycles. The molecule has 1 aliphatic rings. The number of carbonyl (C=O) groups excluding carboxylic acids is 1. The van der Waals surface area contributed by atoms with Crippen molar-refractivity contribution in [1.29, 1.82) is 0 Å². The number of unbranched alkanes of at least 4 members (excludes halogenated alkanes) is 3. The predicted molar refractivity (Wildman–Crippen MR) is 90.2 cm³/mol. The SMILES string of the molecule is CCCC1NC(CCC)N(CCCCCCC(C)C)C1=O. The van der Waals surface area contributed by atoms with E-state index in [0.29, 0.717) is 5.91 Å². The Morgan fingerprint density at radius 3 is 2.33 bits per heavy atom. The van der Waals surface area contributed by atoms with Crippen molar-refractivity contribution in [3.63, 3.8) is 0 Å². The summed E-state index contributed by atoms with van der Waals surface area (Å²) in [5.74, 6) is 1.16. The van der Waals surface area contributed by atoms with Crippen LogP contribution in [0, 0.1) is 5.92 Å². The van der Waals surface area contributed by atoms with E-state index in [1.54, 1.807) is 0 Å². The van der Waals surface area contributed by atoms with Gasteiger partial charge < -0.3 is 4.90 Å². The van der Waals surface area contributed by atoms with E-state index >= 15 is 0 Å². The molecule has 0 bridgehead atoms. The number of hydrogen-bond acceptors (Lipinski definition) is 2. The Kier molecular flexibility index (Phi) is 8.98. The molecule has 124 valence electrons. The van der Waals surface area contributed by atoms with E-state index in [-0.39, 0.29) is 12.2 Å². The van der Waals surface area contributed by atoms with Gasteiger partial charge in [-0.05, 0) is 25.2 Å². The minimum Gasteiger partial charge on any atom is -0.326 e. The van der Waals surface area contributed by atoms with E-state index in [1.165, 1.54) is 25.7 Å². The molecule has 1 amide bonds. The maximum Gasteiger partial charge on any atom is 0.241 e. The van der Waals surface area contributed by atoms with Crippen LogP contribution in [0.15, 0.2) is 0 Å². The first kappa shape index (κ1) is 18.5. The standard InChI is InChI=1S/C18H36N2O/c1-5-11-16-18(21)20(17(19-16)12-6-2)14-10-8-7-9-13-15(3)4/h15-17,19H,5-14H2,1-4H3. The van der Waals surface area contributed by atoms with Gasteiger partial charge in [0.25, 0.3) is 0 Å². The van der Waals surface area contributed by atoms with E-state index in [2.05, 4.69) is 37.9 Å². The minimum atomic E-state index is 0.0764. The summed E-state index contributed by atoms with van der Waals surface area (Å²) in [4.78, 5) is 14.6. The Hall–Kier alpha value is -0.570. The van der Waals surface area contributed by atoms with Gasteiger partial charge in [-0.1, -0.05) is 66.2 Å². The maximum absolute atomic E-state index is 12.5. The molecule has 0 spiro atoms. The van der Waals surface area contributed by atoms with Crippen molar-refractivity contribution in [3.8, 4) is 0 Å². The number of carbonyl (C=O) groups is 1. The van der Waals surface area contributed by atoms with Crippen molar-refractivity contribution in [2.24, 2.45) is 5.92 Å². The lowest BCUT2D eigenvalue weighted by molar-refractivity contribution is -0.130. The van der Waals surface area contributed by atoms with Crippen LogP contribution in [0.4, 0.5) is 0 Å². The lowest BCUT2D eigenvalue weighted by atomic mass is 10.0. The van der Waals surface area contributed by atoms with E-state index in [0.717, 1.165) is 44.6 Å². The van der Waals surface area contributed by atoms with Crippen LogP contribution in [0.1, 0.15) is 85.5 Å². The Morgan fingerprint density at radius 1 is 1.05 bits per heavy atom. The van der Waals surface area contributed by atoms with Gasteiger partial charge in [-0.25, -0.2) is 0 Å². The molecule has 21 heavy (non-hydrogen) atoms. The highest BCUT2D eigenvalue weighted by Gasteiger charge is 2.36. The van der Waals surface area contributed by atoms with Crippen LogP contribution >= 0.6 is 0 Å². The van der Waals surface area contributed by atoms with Gasteiger partial charge in [0, 0.05) is 6.54 Å². The summed E-state index contributed by atoms with van der Waals surface area (Å²) in [5.41, 5.74) is 0. The third-order valence-corrected chi connectivity index (χ3v) is 4.42. The first-order valence-electron chi connectivity index (χ1n) is 9.16. The average molecular weight is 296 g/mol. The van der Waals surface area contributed by atoms with Gasteiger partial charge in [-0.15, -0.1) is 0 Å². The van der Waals surface area contributed by atoms with Crippen molar-refractivity contribution < 1.29 is 4.79 Å². The van der Waals surface area contributed by atoms with Crippen LogP contribution in [0.2, 0.25) is 0 Å². The second-order valence-electron chi connectivity index (χ2n) is 6.94. The molecule has 3 nitrogen and oxygen atoms in total. The highest BCUT2D eigenvalue weighted by molar-refractivity contribution is 5.84. The Balaban J connectivity index is 2.31. The lowest BCUT2D eigenvalue weighted by Gasteiger charge is -2.23. The van der Waals surface area contributed by atoms with E-state index < -0.39 is 0 Å². The van der Waals surface area contributed by atoms with Crippen LogP contribution in [0.25, 0.3) is 0 Å². The third-order valence-electron chi connectivity index (χ3n) is 4.42. The molecule has 2 unspecified atom stereocenters. The Labute approximate surface area is 131 Å².